The summed E-state index contributed by atoms with van der Waals surface area (Å²) in [5.41, 5.74) is 1.08. The number of carbonyl (C=O) groups is 1. The summed E-state index contributed by atoms with van der Waals surface area (Å²) in [5.74, 6) is -1.09. The summed E-state index contributed by atoms with van der Waals surface area (Å²) in [5, 5.41) is 22.9. The lowest BCUT2D eigenvalue weighted by Gasteiger charge is -2.14. The Morgan fingerprint density at radius 1 is 1.33 bits per heavy atom. The molecule has 7 heteroatoms. The molecule has 0 aliphatic rings. The molecule has 1 heterocycles. The van der Waals surface area contributed by atoms with E-state index < -0.39 is 16.9 Å². The number of nitro benzene ring substituents is 1. The zero-order valence-corrected chi connectivity index (χ0v) is 11.0. The minimum atomic E-state index is -1.09. The molecule has 0 aliphatic heterocycles. The van der Waals surface area contributed by atoms with E-state index in [2.05, 4.69) is 10.3 Å². The number of hydrogen-bond acceptors (Lipinski definition) is 5. The van der Waals surface area contributed by atoms with E-state index in [1.165, 1.54) is 18.2 Å². The van der Waals surface area contributed by atoms with E-state index in [-0.39, 0.29) is 5.69 Å². The molecule has 2 aromatic rings. The summed E-state index contributed by atoms with van der Waals surface area (Å²) in [7, 11) is 0. The second-order valence-corrected chi connectivity index (χ2v) is 4.36. The number of nitrogens with one attached hydrogen (secondary N) is 1. The molecule has 1 unspecified atom stereocenters. The second kappa shape index (κ2) is 6.58. The van der Waals surface area contributed by atoms with Crippen LogP contribution in [0, 0.1) is 10.1 Å². The Bertz CT molecular complexity index is 646. The third-order valence-electron chi connectivity index (χ3n) is 2.92. The average Bonchev–Trinajstić information content (AvgIpc) is 2.48. The molecule has 1 aromatic heterocycles. The highest BCUT2D eigenvalue weighted by molar-refractivity contribution is 5.75. The molecule has 0 spiro atoms. The van der Waals surface area contributed by atoms with Gasteiger partial charge in [-0.15, -0.1) is 0 Å². The number of aromatic nitrogens is 1. The van der Waals surface area contributed by atoms with Crippen molar-refractivity contribution in [1.29, 1.82) is 0 Å². The fourth-order valence-electron chi connectivity index (χ4n) is 1.89. The van der Waals surface area contributed by atoms with Crippen molar-refractivity contribution in [2.75, 3.05) is 0 Å². The minimum Gasteiger partial charge on any atom is -0.480 e. The van der Waals surface area contributed by atoms with Crippen LogP contribution in [-0.2, 0) is 11.3 Å². The number of rotatable bonds is 6. The van der Waals surface area contributed by atoms with E-state index >= 15 is 0 Å². The van der Waals surface area contributed by atoms with Gasteiger partial charge in [-0.05, 0) is 23.3 Å². The molecular formula is C14H13N3O4. The highest BCUT2D eigenvalue weighted by Gasteiger charge is 2.21. The monoisotopic (exact) mass is 287 g/mol. The first-order valence-corrected chi connectivity index (χ1v) is 6.17. The minimum absolute atomic E-state index is 0.135. The molecule has 1 aromatic carbocycles. The number of non-ortho nitro benzene ring substituents is 1. The molecule has 2 N–H and O–H groups in total. The lowest BCUT2D eigenvalue weighted by Crippen LogP contribution is -2.28. The molecule has 0 amide bonds. The lowest BCUT2D eigenvalue weighted by molar-refractivity contribution is -0.384. The predicted octanol–water partition coefficient (Wildman–Crippen LogP) is 1.91. The largest absolute Gasteiger partial charge is 0.480 e. The quantitative estimate of drug-likeness (QED) is 0.621. The van der Waals surface area contributed by atoms with Crippen LogP contribution in [0.5, 0.6) is 0 Å². The van der Waals surface area contributed by atoms with Crippen LogP contribution in [0.4, 0.5) is 5.69 Å². The molecule has 2 rings (SSSR count). The van der Waals surface area contributed by atoms with Gasteiger partial charge < -0.3 is 5.11 Å². The van der Waals surface area contributed by atoms with Crippen LogP contribution in [0.15, 0.2) is 48.8 Å². The zero-order chi connectivity index (χ0) is 15.2. The van der Waals surface area contributed by atoms with Gasteiger partial charge in [0.1, 0.15) is 6.04 Å². The van der Waals surface area contributed by atoms with Gasteiger partial charge in [0, 0.05) is 31.1 Å². The maximum Gasteiger partial charge on any atom is 0.325 e. The van der Waals surface area contributed by atoms with Crippen LogP contribution in [0.3, 0.4) is 0 Å². The van der Waals surface area contributed by atoms with E-state index in [0.29, 0.717) is 12.1 Å². The number of pyridine rings is 1. The fourth-order valence-corrected chi connectivity index (χ4v) is 1.89. The Kier molecular flexibility index (Phi) is 4.57. The fraction of sp³-hybridized carbons (Fsp3) is 0.143. The van der Waals surface area contributed by atoms with Gasteiger partial charge in [-0.1, -0.05) is 12.1 Å². The second-order valence-electron chi connectivity index (χ2n) is 4.36. The SMILES string of the molecule is O=C(O)C(NCc1ccncc1)c1cccc([N+](=O)[O-])c1. The highest BCUT2D eigenvalue weighted by atomic mass is 16.6. The third kappa shape index (κ3) is 3.83. The van der Waals surface area contributed by atoms with E-state index in [1.54, 1.807) is 30.6 Å². The molecule has 0 bridgehead atoms. The van der Waals surface area contributed by atoms with Gasteiger partial charge in [0.05, 0.1) is 4.92 Å². The Labute approximate surface area is 120 Å². The van der Waals surface area contributed by atoms with Crippen molar-refractivity contribution in [2.45, 2.75) is 12.6 Å². The van der Waals surface area contributed by atoms with Gasteiger partial charge in [0.2, 0.25) is 0 Å². The first-order valence-electron chi connectivity index (χ1n) is 6.17. The summed E-state index contributed by atoms with van der Waals surface area (Å²) in [6, 6.07) is 8.11. The molecule has 0 aliphatic carbocycles. The molecule has 0 saturated heterocycles. The Morgan fingerprint density at radius 3 is 2.67 bits per heavy atom. The van der Waals surface area contributed by atoms with E-state index in [9.17, 15) is 20.0 Å². The van der Waals surface area contributed by atoms with Crippen molar-refractivity contribution in [3.63, 3.8) is 0 Å². The molecule has 0 fully saturated rings. The Morgan fingerprint density at radius 2 is 2.05 bits per heavy atom. The van der Waals surface area contributed by atoms with Crippen LogP contribution in [-0.4, -0.2) is 21.0 Å². The standard InChI is InChI=1S/C14H13N3O4/c18-14(19)13(16-9-10-4-6-15-7-5-10)11-2-1-3-12(8-11)17(20)21/h1-8,13,16H,9H2,(H,18,19). The summed E-state index contributed by atoms with van der Waals surface area (Å²) in [4.78, 5) is 25.4. The van der Waals surface area contributed by atoms with Crippen LogP contribution in [0.1, 0.15) is 17.2 Å². The van der Waals surface area contributed by atoms with Crippen LogP contribution in [0.2, 0.25) is 0 Å². The Balaban J connectivity index is 2.17. The van der Waals surface area contributed by atoms with Crippen molar-refractivity contribution in [3.8, 4) is 0 Å². The maximum atomic E-state index is 11.4. The topological polar surface area (TPSA) is 105 Å². The van der Waals surface area contributed by atoms with Gasteiger partial charge >= 0.3 is 5.97 Å². The van der Waals surface area contributed by atoms with Crippen molar-refractivity contribution in [2.24, 2.45) is 0 Å². The average molecular weight is 287 g/mol. The third-order valence-corrected chi connectivity index (χ3v) is 2.92. The van der Waals surface area contributed by atoms with Crippen molar-refractivity contribution in [3.05, 3.63) is 70.0 Å². The number of benzene rings is 1. The number of carboxylic acid groups (broad SMARTS) is 1. The van der Waals surface area contributed by atoms with Crippen molar-refractivity contribution in [1.82, 2.24) is 10.3 Å². The summed E-state index contributed by atoms with van der Waals surface area (Å²) in [6.45, 7) is 0.322. The van der Waals surface area contributed by atoms with Crippen LogP contribution in [0.25, 0.3) is 0 Å². The smallest absolute Gasteiger partial charge is 0.325 e. The van der Waals surface area contributed by atoms with E-state index in [4.69, 9.17) is 0 Å². The molecule has 1 atom stereocenters. The van der Waals surface area contributed by atoms with Crippen LogP contribution >= 0.6 is 0 Å². The van der Waals surface area contributed by atoms with Gasteiger partial charge in [0.15, 0.2) is 0 Å². The number of nitro groups is 1. The van der Waals surface area contributed by atoms with Gasteiger partial charge in [-0.3, -0.25) is 25.2 Å². The molecule has 0 saturated carbocycles. The number of hydrogen-bond donors (Lipinski definition) is 2. The summed E-state index contributed by atoms with van der Waals surface area (Å²) < 4.78 is 0. The number of nitrogens with zero attached hydrogens (tertiary/aromatic N) is 2. The number of carboxylic acids is 1. The van der Waals surface area contributed by atoms with Crippen LogP contribution < -0.4 is 5.32 Å². The first-order chi connectivity index (χ1) is 10.1. The zero-order valence-electron chi connectivity index (χ0n) is 11.0. The number of aliphatic carboxylic acids is 1. The predicted molar refractivity (Wildman–Crippen MR) is 74.5 cm³/mol. The first kappa shape index (κ1) is 14.6. The summed E-state index contributed by atoms with van der Waals surface area (Å²) >= 11 is 0. The molecule has 21 heavy (non-hydrogen) atoms. The lowest BCUT2D eigenvalue weighted by atomic mass is 10.1. The van der Waals surface area contributed by atoms with Crippen molar-refractivity contribution < 1.29 is 14.8 Å². The van der Waals surface area contributed by atoms with E-state index in [0.717, 1.165) is 5.56 Å². The van der Waals surface area contributed by atoms with Crippen molar-refractivity contribution >= 4 is 11.7 Å². The molecular weight excluding hydrogens is 274 g/mol. The van der Waals surface area contributed by atoms with Gasteiger partial charge in [-0.25, -0.2) is 0 Å². The van der Waals surface area contributed by atoms with Gasteiger partial charge in [0.25, 0.3) is 5.69 Å². The highest BCUT2D eigenvalue weighted by Crippen LogP contribution is 2.20. The molecule has 108 valence electrons. The maximum absolute atomic E-state index is 11.4. The summed E-state index contributed by atoms with van der Waals surface area (Å²) in [6.07, 6.45) is 3.22. The molecule has 7 nitrogen and oxygen atoms in total. The van der Waals surface area contributed by atoms with Gasteiger partial charge in [-0.2, -0.15) is 0 Å². The Hall–Kier alpha value is -2.80. The van der Waals surface area contributed by atoms with E-state index in [1.807, 2.05) is 0 Å². The molecule has 0 radical (unpaired) electrons. The normalized spacial score (nSPS) is 11.8.